The highest BCUT2D eigenvalue weighted by Gasteiger charge is 2.28. The van der Waals surface area contributed by atoms with Gasteiger partial charge < -0.3 is 14.5 Å². The predicted octanol–water partition coefficient (Wildman–Crippen LogP) is 4.55. The molecule has 1 aromatic carbocycles. The van der Waals surface area contributed by atoms with Crippen LogP contribution in [0.25, 0.3) is 0 Å². The first kappa shape index (κ1) is 22.5. The van der Waals surface area contributed by atoms with E-state index < -0.39 is 11.9 Å². The Bertz CT molecular complexity index is 1230. The number of fused-ring (bicyclic) bond motifs is 1. The third-order valence-electron chi connectivity index (χ3n) is 5.24. The van der Waals surface area contributed by atoms with Gasteiger partial charge in [0.05, 0.1) is 28.4 Å². The van der Waals surface area contributed by atoms with E-state index in [-0.39, 0.29) is 23.8 Å². The summed E-state index contributed by atoms with van der Waals surface area (Å²) in [6.45, 7) is 3.74. The van der Waals surface area contributed by atoms with E-state index in [1.807, 2.05) is 5.38 Å². The number of ether oxygens (including phenoxy) is 1. The fourth-order valence-corrected chi connectivity index (χ4v) is 4.35. The molecule has 0 spiro atoms. The lowest BCUT2D eigenvalue weighted by Crippen LogP contribution is -2.21. The third-order valence-corrected chi connectivity index (χ3v) is 6.11. The fourth-order valence-electron chi connectivity index (χ4n) is 3.74. The smallest absolute Gasteiger partial charge is 0.340 e. The highest BCUT2D eigenvalue weighted by atomic mass is 32.1. The molecule has 1 aliphatic rings. The van der Waals surface area contributed by atoms with Gasteiger partial charge in [-0.25, -0.2) is 10.2 Å². The molecule has 0 bridgehead atoms. The number of rotatable bonds is 6. The topological polar surface area (TPSA) is 110 Å². The highest BCUT2D eigenvalue weighted by molar-refractivity contribution is 7.12. The number of hydrogen-bond acceptors (Lipinski definition) is 7. The summed E-state index contributed by atoms with van der Waals surface area (Å²) in [6.07, 6.45) is 2.12. The molecule has 0 unspecified atom stereocenters. The Labute approximate surface area is 194 Å². The number of carbonyl (C=O) groups is 3. The van der Waals surface area contributed by atoms with E-state index in [4.69, 9.17) is 9.15 Å². The van der Waals surface area contributed by atoms with Crippen molar-refractivity contribution in [3.8, 4) is 0 Å². The minimum atomic E-state index is -0.514. The standard InChI is InChI=1S/C24H23N3O5S/c1-3-31-24(30)15-8-4-5-9-16(15)25-23(29)21-14(2)20-17(10-6-11-18(20)32-21)26-27-22(28)19-12-7-13-33-19/h4-5,7-9,12-13H,3,6,10-11H2,1-2H3,(H,25,29)(H,27,28)/b26-17+. The Balaban J connectivity index is 1.58. The van der Waals surface area contributed by atoms with Gasteiger partial charge in [0.1, 0.15) is 5.76 Å². The molecule has 2 heterocycles. The zero-order chi connectivity index (χ0) is 23.4. The van der Waals surface area contributed by atoms with Crippen LogP contribution in [0.1, 0.15) is 67.2 Å². The summed E-state index contributed by atoms with van der Waals surface area (Å²) >= 11 is 1.34. The summed E-state index contributed by atoms with van der Waals surface area (Å²) in [5.74, 6) is -0.454. The van der Waals surface area contributed by atoms with Crippen LogP contribution in [0, 0.1) is 6.92 Å². The van der Waals surface area contributed by atoms with E-state index in [1.165, 1.54) is 11.3 Å². The minimum Gasteiger partial charge on any atom is -0.462 e. The van der Waals surface area contributed by atoms with Gasteiger partial charge in [0, 0.05) is 17.5 Å². The Morgan fingerprint density at radius 1 is 1.12 bits per heavy atom. The highest BCUT2D eigenvalue weighted by Crippen LogP contribution is 2.30. The first-order valence-corrected chi connectivity index (χ1v) is 11.5. The summed E-state index contributed by atoms with van der Waals surface area (Å²) in [5.41, 5.74) is 5.26. The third kappa shape index (κ3) is 4.73. The van der Waals surface area contributed by atoms with Gasteiger partial charge in [-0.1, -0.05) is 18.2 Å². The molecule has 2 amide bonds. The minimum absolute atomic E-state index is 0.151. The number of hydrogen-bond donors (Lipinski definition) is 2. The van der Waals surface area contributed by atoms with Crippen LogP contribution >= 0.6 is 11.3 Å². The van der Waals surface area contributed by atoms with E-state index >= 15 is 0 Å². The van der Waals surface area contributed by atoms with Crippen molar-refractivity contribution in [2.75, 3.05) is 11.9 Å². The van der Waals surface area contributed by atoms with Gasteiger partial charge >= 0.3 is 5.97 Å². The molecule has 0 saturated carbocycles. The number of nitrogens with zero attached hydrogens (tertiary/aromatic N) is 1. The summed E-state index contributed by atoms with van der Waals surface area (Å²) in [7, 11) is 0. The number of thiophene rings is 1. The van der Waals surface area contributed by atoms with Crippen LogP contribution in [0.15, 0.2) is 51.3 Å². The molecule has 2 N–H and O–H groups in total. The Kier molecular flexibility index (Phi) is 6.69. The SMILES string of the molecule is CCOC(=O)c1ccccc1NC(=O)c1oc2c(c1C)/C(=N/NC(=O)c1cccs1)CCC2. The van der Waals surface area contributed by atoms with E-state index in [2.05, 4.69) is 15.8 Å². The number of aryl methyl sites for hydroxylation is 1. The molecule has 0 fully saturated rings. The van der Waals surface area contributed by atoms with Gasteiger partial charge in [-0.3, -0.25) is 9.59 Å². The van der Waals surface area contributed by atoms with Crippen molar-refractivity contribution in [1.29, 1.82) is 0 Å². The van der Waals surface area contributed by atoms with E-state index in [0.29, 0.717) is 40.4 Å². The molecule has 4 rings (SSSR count). The molecule has 0 aliphatic heterocycles. The number of hydrazone groups is 1. The fraction of sp³-hybridized carbons (Fsp3) is 0.250. The average molecular weight is 466 g/mol. The Morgan fingerprint density at radius 3 is 2.70 bits per heavy atom. The molecule has 9 heteroatoms. The summed E-state index contributed by atoms with van der Waals surface area (Å²) in [4.78, 5) is 38.1. The number of nitrogens with one attached hydrogen (secondary N) is 2. The summed E-state index contributed by atoms with van der Waals surface area (Å²) in [5, 5.41) is 8.91. The first-order valence-electron chi connectivity index (χ1n) is 10.6. The molecule has 3 aromatic rings. The van der Waals surface area contributed by atoms with Crippen LogP contribution in [-0.4, -0.2) is 30.1 Å². The van der Waals surface area contributed by atoms with Gasteiger partial charge in [-0.15, -0.1) is 11.3 Å². The zero-order valence-corrected chi connectivity index (χ0v) is 19.1. The number of furan rings is 1. The molecule has 1 aliphatic carbocycles. The Hall–Kier alpha value is -3.72. The molecule has 8 nitrogen and oxygen atoms in total. The van der Waals surface area contributed by atoms with Gasteiger partial charge in [0.25, 0.3) is 11.8 Å². The monoisotopic (exact) mass is 465 g/mol. The van der Waals surface area contributed by atoms with Crippen molar-refractivity contribution in [2.45, 2.75) is 33.1 Å². The van der Waals surface area contributed by atoms with Gasteiger partial charge in [-0.2, -0.15) is 5.10 Å². The molecular formula is C24H23N3O5S. The largest absolute Gasteiger partial charge is 0.462 e. The Morgan fingerprint density at radius 2 is 1.94 bits per heavy atom. The number of anilines is 1. The quantitative estimate of drug-likeness (QED) is 0.410. The van der Waals surface area contributed by atoms with Crippen LogP contribution in [0.4, 0.5) is 5.69 Å². The van der Waals surface area contributed by atoms with Gasteiger partial charge in [0.2, 0.25) is 0 Å². The molecule has 33 heavy (non-hydrogen) atoms. The number of esters is 1. The lowest BCUT2D eigenvalue weighted by Gasteiger charge is -2.13. The summed E-state index contributed by atoms with van der Waals surface area (Å²) in [6, 6.07) is 10.2. The van der Waals surface area contributed by atoms with Crippen molar-refractivity contribution >= 4 is 40.5 Å². The molecular weight excluding hydrogens is 442 g/mol. The molecule has 0 saturated heterocycles. The first-order chi connectivity index (χ1) is 16.0. The van der Waals surface area contributed by atoms with Crippen LogP contribution in [0.2, 0.25) is 0 Å². The van der Waals surface area contributed by atoms with Gasteiger partial charge in [-0.05, 0) is 50.3 Å². The van der Waals surface area contributed by atoms with Crippen LogP contribution < -0.4 is 10.7 Å². The van der Waals surface area contributed by atoms with E-state index in [0.717, 1.165) is 12.0 Å². The second-order valence-corrected chi connectivity index (χ2v) is 8.35. The van der Waals surface area contributed by atoms with Crippen molar-refractivity contribution in [2.24, 2.45) is 5.10 Å². The van der Waals surface area contributed by atoms with Crippen molar-refractivity contribution in [3.05, 3.63) is 74.9 Å². The maximum absolute atomic E-state index is 13.0. The van der Waals surface area contributed by atoms with Crippen molar-refractivity contribution < 1.29 is 23.5 Å². The summed E-state index contributed by atoms with van der Waals surface area (Å²) < 4.78 is 11.0. The maximum Gasteiger partial charge on any atom is 0.340 e. The number of carbonyl (C=O) groups excluding carboxylic acids is 3. The normalized spacial score (nSPS) is 13.9. The number of para-hydroxylation sites is 1. The molecule has 0 atom stereocenters. The second kappa shape index (κ2) is 9.83. The zero-order valence-electron chi connectivity index (χ0n) is 18.3. The maximum atomic E-state index is 13.0. The lowest BCUT2D eigenvalue weighted by atomic mass is 9.93. The number of amides is 2. The second-order valence-electron chi connectivity index (χ2n) is 7.40. The van der Waals surface area contributed by atoms with Gasteiger partial charge in [0.15, 0.2) is 5.76 Å². The molecule has 170 valence electrons. The van der Waals surface area contributed by atoms with E-state index in [1.54, 1.807) is 50.2 Å². The molecule has 2 aromatic heterocycles. The molecule has 0 radical (unpaired) electrons. The van der Waals surface area contributed by atoms with Crippen molar-refractivity contribution in [1.82, 2.24) is 5.43 Å². The number of benzene rings is 1. The van der Waals surface area contributed by atoms with Crippen LogP contribution in [0.5, 0.6) is 0 Å². The average Bonchev–Trinajstić information content (AvgIpc) is 3.47. The lowest BCUT2D eigenvalue weighted by molar-refractivity contribution is 0.0527. The van der Waals surface area contributed by atoms with Crippen molar-refractivity contribution in [3.63, 3.8) is 0 Å². The van der Waals surface area contributed by atoms with Crippen LogP contribution in [-0.2, 0) is 11.2 Å². The predicted molar refractivity (Wildman–Crippen MR) is 125 cm³/mol. The van der Waals surface area contributed by atoms with Crippen LogP contribution in [0.3, 0.4) is 0 Å². The van der Waals surface area contributed by atoms with E-state index in [9.17, 15) is 14.4 Å².